The highest BCUT2D eigenvalue weighted by Crippen LogP contribution is 2.52. The summed E-state index contributed by atoms with van der Waals surface area (Å²) in [6.07, 6.45) is 0. The van der Waals surface area contributed by atoms with Crippen LogP contribution in [0.4, 0.5) is 34.1 Å². The van der Waals surface area contributed by atoms with Crippen molar-refractivity contribution >= 4 is 110 Å². The highest BCUT2D eigenvalue weighted by Gasteiger charge is 2.29. The van der Waals surface area contributed by atoms with Crippen LogP contribution in [0.25, 0.3) is 76.2 Å². The molecule has 4 heteroatoms. The van der Waals surface area contributed by atoms with Crippen molar-refractivity contribution in [1.29, 1.82) is 0 Å². The summed E-state index contributed by atoms with van der Waals surface area (Å²) >= 11 is 0. The number of fused-ring (bicyclic) bond motifs is 6. The third-order valence-corrected chi connectivity index (χ3v) is 14.4. The van der Waals surface area contributed by atoms with Crippen molar-refractivity contribution in [2.45, 2.75) is 80.1 Å². The molecule has 4 nitrogen and oxygen atoms in total. The monoisotopic (exact) mass is 884 g/mol. The number of rotatable bonds is 6. The quantitative estimate of drug-likeness (QED) is 0.156. The van der Waals surface area contributed by atoms with Gasteiger partial charge >= 0.3 is 0 Å². The molecule has 2 aromatic heterocycles. The molecule has 12 aromatic rings. The molecule has 0 spiro atoms. The molecule has 0 aliphatic heterocycles. The van der Waals surface area contributed by atoms with Crippen LogP contribution in [0, 0.1) is 27.7 Å². The second kappa shape index (κ2) is 15.0. The zero-order valence-corrected chi connectivity index (χ0v) is 40.7. The molecule has 0 bridgehead atoms. The molecule has 0 aliphatic carbocycles. The van der Waals surface area contributed by atoms with Gasteiger partial charge in [-0.3, -0.25) is 0 Å². The van der Waals surface area contributed by atoms with Crippen molar-refractivity contribution in [2.24, 2.45) is 0 Å². The molecule has 2 heterocycles. The number of anilines is 6. The Morgan fingerprint density at radius 2 is 0.691 bits per heavy atom. The van der Waals surface area contributed by atoms with Crippen molar-refractivity contribution in [3.63, 3.8) is 0 Å². The van der Waals surface area contributed by atoms with Crippen LogP contribution >= 0.6 is 0 Å². The summed E-state index contributed by atoms with van der Waals surface area (Å²) in [7, 11) is 0. The lowest BCUT2D eigenvalue weighted by Crippen LogP contribution is -2.13. The lowest BCUT2D eigenvalue weighted by Gasteiger charge is -2.30. The van der Waals surface area contributed by atoms with E-state index in [1.807, 2.05) is 0 Å². The summed E-state index contributed by atoms with van der Waals surface area (Å²) in [5, 5.41) is 11.7. The van der Waals surface area contributed by atoms with Crippen molar-refractivity contribution < 1.29 is 8.83 Å². The molecule has 0 saturated heterocycles. The molecule has 0 amide bonds. The van der Waals surface area contributed by atoms with Gasteiger partial charge in [-0.2, -0.15) is 0 Å². The van der Waals surface area contributed by atoms with Gasteiger partial charge in [0.25, 0.3) is 0 Å². The predicted octanol–water partition coefficient (Wildman–Crippen LogP) is 19.2. The van der Waals surface area contributed by atoms with E-state index in [0.717, 1.165) is 89.1 Å². The van der Waals surface area contributed by atoms with Gasteiger partial charge in [0.15, 0.2) is 11.2 Å². The van der Waals surface area contributed by atoms with Crippen LogP contribution in [0.2, 0.25) is 0 Å². The summed E-state index contributed by atoms with van der Waals surface area (Å²) in [5.74, 6) is 0. The maximum Gasteiger partial charge on any atom is 0.159 e. The average molecular weight is 885 g/mol. The normalized spacial score (nSPS) is 12.6. The molecule has 0 fully saturated rings. The molecule has 334 valence electrons. The lowest BCUT2D eigenvalue weighted by atomic mass is 9.86. The van der Waals surface area contributed by atoms with Crippen LogP contribution in [0.5, 0.6) is 0 Å². The molecule has 12 rings (SSSR count). The Kier molecular flexibility index (Phi) is 9.21. The predicted molar refractivity (Wildman–Crippen MR) is 290 cm³/mol. The number of hydrogen-bond acceptors (Lipinski definition) is 4. The second-order valence-electron chi connectivity index (χ2n) is 21.2. The van der Waals surface area contributed by atoms with E-state index in [0.29, 0.717) is 0 Å². The number of nitrogens with zero attached hydrogens (tertiary/aromatic N) is 2. The Bertz CT molecular complexity index is 3700. The van der Waals surface area contributed by atoms with Crippen molar-refractivity contribution in [1.82, 2.24) is 0 Å². The summed E-state index contributed by atoms with van der Waals surface area (Å²) in [6.45, 7) is 22.3. The molecular formula is C64H56N2O2. The van der Waals surface area contributed by atoms with Crippen molar-refractivity contribution in [2.75, 3.05) is 9.80 Å². The number of para-hydroxylation sites is 2. The number of hydrogen-bond donors (Lipinski definition) is 0. The Morgan fingerprint density at radius 3 is 1.07 bits per heavy atom. The van der Waals surface area contributed by atoms with Crippen LogP contribution in [0.1, 0.15) is 74.9 Å². The smallest absolute Gasteiger partial charge is 0.159 e. The first kappa shape index (κ1) is 41.8. The van der Waals surface area contributed by atoms with E-state index in [-0.39, 0.29) is 10.8 Å². The third-order valence-electron chi connectivity index (χ3n) is 14.4. The zero-order chi connectivity index (χ0) is 47.0. The van der Waals surface area contributed by atoms with Crippen LogP contribution in [-0.2, 0) is 10.8 Å². The van der Waals surface area contributed by atoms with Crippen LogP contribution in [-0.4, -0.2) is 0 Å². The van der Waals surface area contributed by atoms with Gasteiger partial charge in [0.2, 0.25) is 0 Å². The van der Waals surface area contributed by atoms with Gasteiger partial charge in [0.1, 0.15) is 11.2 Å². The summed E-state index contributed by atoms with van der Waals surface area (Å²) in [6, 6.07) is 58.5. The van der Waals surface area contributed by atoms with E-state index in [2.05, 4.69) is 237 Å². The highest BCUT2D eigenvalue weighted by molar-refractivity contribution is 6.29. The van der Waals surface area contributed by atoms with Gasteiger partial charge in [-0.1, -0.05) is 174 Å². The largest absolute Gasteiger partial charge is 0.454 e. The van der Waals surface area contributed by atoms with Gasteiger partial charge in [-0.15, -0.1) is 0 Å². The van der Waals surface area contributed by atoms with E-state index in [4.69, 9.17) is 8.83 Å². The molecule has 10 aromatic carbocycles. The first-order chi connectivity index (χ1) is 32.7. The fraction of sp³-hybridized carbons (Fsp3) is 0.188. The standard InChI is InChI=1S/C64H56N2O2/c1-37-17-27-43(28-18-37)65(57-39(3)21-31-47-45-13-11-15-51(63(5,6)7)59(45)67-61(47)57)53-35-25-41-24-34-50-54(36-26-42-23-33-49(53)55(41)56(42)50)66(44-29-19-38(2)20-30-44)58-40(4)22-32-48-46-14-12-16-52(64(8,9)10)60(46)68-62(48)58/h11-36H,1-10H3. The highest BCUT2D eigenvalue weighted by atomic mass is 16.3. The molecule has 68 heavy (non-hydrogen) atoms. The average Bonchev–Trinajstić information content (AvgIpc) is 3.89. The lowest BCUT2D eigenvalue weighted by molar-refractivity contribution is 0.572. The van der Waals surface area contributed by atoms with E-state index < -0.39 is 0 Å². The van der Waals surface area contributed by atoms with E-state index in [1.165, 1.54) is 54.6 Å². The zero-order valence-electron chi connectivity index (χ0n) is 40.7. The molecule has 0 unspecified atom stereocenters. The summed E-state index contributed by atoms with van der Waals surface area (Å²) < 4.78 is 14.3. The number of benzene rings is 10. The fourth-order valence-corrected chi connectivity index (χ4v) is 11.0. The number of aryl methyl sites for hydroxylation is 4. The summed E-state index contributed by atoms with van der Waals surface area (Å²) in [4.78, 5) is 4.89. The van der Waals surface area contributed by atoms with Crippen LogP contribution in [0.3, 0.4) is 0 Å². The minimum absolute atomic E-state index is 0.0910. The van der Waals surface area contributed by atoms with Gasteiger partial charge < -0.3 is 18.6 Å². The van der Waals surface area contributed by atoms with Crippen LogP contribution in [0.15, 0.2) is 167 Å². The van der Waals surface area contributed by atoms with Gasteiger partial charge in [0.05, 0.1) is 22.7 Å². The van der Waals surface area contributed by atoms with Gasteiger partial charge in [-0.25, -0.2) is 0 Å². The maximum atomic E-state index is 7.16. The Hall–Kier alpha value is -7.56. The topological polar surface area (TPSA) is 32.8 Å². The van der Waals surface area contributed by atoms with Crippen LogP contribution < -0.4 is 9.80 Å². The molecular weight excluding hydrogens is 829 g/mol. The first-order valence-electron chi connectivity index (χ1n) is 24.0. The van der Waals surface area contributed by atoms with Crippen molar-refractivity contribution in [3.8, 4) is 0 Å². The fourth-order valence-electron chi connectivity index (χ4n) is 11.0. The Labute approximate surface area is 398 Å². The first-order valence-corrected chi connectivity index (χ1v) is 24.0. The van der Waals surface area contributed by atoms with E-state index in [1.54, 1.807) is 0 Å². The van der Waals surface area contributed by atoms with E-state index >= 15 is 0 Å². The van der Waals surface area contributed by atoms with E-state index in [9.17, 15) is 0 Å². The molecule has 0 N–H and O–H groups in total. The second-order valence-corrected chi connectivity index (χ2v) is 21.2. The Balaban J connectivity index is 1.14. The molecule has 0 atom stereocenters. The van der Waals surface area contributed by atoms with Gasteiger partial charge in [0, 0.05) is 54.8 Å². The molecule has 0 radical (unpaired) electrons. The molecule has 0 aliphatic rings. The third kappa shape index (κ3) is 6.34. The maximum absolute atomic E-state index is 7.16. The Morgan fingerprint density at radius 1 is 0.338 bits per heavy atom. The SMILES string of the molecule is Cc1ccc(N(c2ccc3ccc4c(N(c5ccc(C)cc5)c5c(C)ccc6c5oc5c(C(C)(C)C)cccc56)ccc5ccc2c3c54)c2c(C)ccc3c2oc2c(C(C)(C)C)cccc23)cc1. The molecule has 0 saturated carbocycles. The minimum atomic E-state index is -0.0910. The number of furan rings is 2. The minimum Gasteiger partial charge on any atom is -0.454 e. The van der Waals surface area contributed by atoms with Gasteiger partial charge in [-0.05, 0) is 108 Å². The van der Waals surface area contributed by atoms with Crippen molar-refractivity contribution in [3.05, 3.63) is 191 Å². The summed E-state index contributed by atoms with van der Waals surface area (Å²) in [5.41, 5.74) is 17.1.